The van der Waals surface area contributed by atoms with Gasteiger partial charge in [-0.2, -0.15) is 0 Å². The molecule has 22 heavy (non-hydrogen) atoms. The number of hydrogen-bond acceptors (Lipinski definition) is 3. The van der Waals surface area contributed by atoms with E-state index < -0.39 is 5.97 Å². The molecular weight excluding hydrogens is 280 g/mol. The number of carbonyl (C=O) groups excluding carboxylic acids is 1. The van der Waals surface area contributed by atoms with E-state index in [9.17, 15) is 9.59 Å². The molecule has 0 heterocycles. The molecule has 0 aromatic rings. The summed E-state index contributed by atoms with van der Waals surface area (Å²) in [4.78, 5) is 23.1. The van der Waals surface area contributed by atoms with Crippen molar-refractivity contribution in [2.45, 2.75) is 78.1 Å². The number of carbonyl (C=O) groups is 2. The Kier molecular flexibility index (Phi) is 9.17. The van der Waals surface area contributed by atoms with Crippen LogP contribution in [0.25, 0.3) is 0 Å². The fourth-order valence-electron chi connectivity index (χ4n) is 3.34. The van der Waals surface area contributed by atoms with Crippen LogP contribution in [0.1, 0.15) is 78.1 Å². The van der Waals surface area contributed by atoms with E-state index in [1.165, 1.54) is 25.7 Å². The van der Waals surface area contributed by atoms with Crippen molar-refractivity contribution in [2.75, 3.05) is 6.61 Å². The van der Waals surface area contributed by atoms with Crippen molar-refractivity contribution < 1.29 is 19.4 Å². The van der Waals surface area contributed by atoms with Crippen molar-refractivity contribution in [1.29, 1.82) is 0 Å². The number of esters is 1. The van der Waals surface area contributed by atoms with Gasteiger partial charge in [-0.25, -0.2) is 0 Å². The van der Waals surface area contributed by atoms with Gasteiger partial charge in [-0.3, -0.25) is 9.59 Å². The van der Waals surface area contributed by atoms with Crippen molar-refractivity contribution >= 4 is 11.9 Å². The molecule has 0 bridgehead atoms. The van der Waals surface area contributed by atoms with Gasteiger partial charge in [-0.15, -0.1) is 0 Å². The maximum Gasteiger partial charge on any atom is 0.308 e. The highest BCUT2D eigenvalue weighted by molar-refractivity contribution is 5.75. The monoisotopic (exact) mass is 312 g/mol. The third-order valence-electron chi connectivity index (χ3n) is 4.90. The topological polar surface area (TPSA) is 63.6 Å². The molecule has 1 aliphatic carbocycles. The summed E-state index contributed by atoms with van der Waals surface area (Å²) in [6.45, 7) is 4.92. The highest BCUT2D eigenvalue weighted by Crippen LogP contribution is 2.30. The number of ether oxygens (including phenoxy) is 1. The third kappa shape index (κ3) is 6.80. The number of carboxylic acid groups (broad SMARTS) is 1. The molecule has 0 spiro atoms. The summed E-state index contributed by atoms with van der Waals surface area (Å²) in [5.41, 5.74) is 0. The van der Waals surface area contributed by atoms with Crippen LogP contribution in [0.3, 0.4) is 0 Å². The SMILES string of the molecule is CCCCC(CC)CCCOC(=O)C1CCCC(C(=O)O)C1. The number of rotatable bonds is 10. The van der Waals surface area contributed by atoms with E-state index in [4.69, 9.17) is 9.84 Å². The second-order valence-electron chi connectivity index (χ2n) is 6.62. The fourth-order valence-corrected chi connectivity index (χ4v) is 3.34. The number of carboxylic acids is 1. The first-order chi connectivity index (χ1) is 10.6. The molecule has 1 N–H and O–H groups in total. The highest BCUT2D eigenvalue weighted by Gasteiger charge is 2.31. The van der Waals surface area contributed by atoms with Crippen molar-refractivity contribution in [1.82, 2.24) is 0 Å². The first-order valence-corrected chi connectivity index (χ1v) is 8.97. The van der Waals surface area contributed by atoms with Crippen molar-refractivity contribution in [3.8, 4) is 0 Å². The van der Waals surface area contributed by atoms with E-state index in [1.807, 2.05) is 0 Å². The minimum atomic E-state index is -0.779. The van der Waals surface area contributed by atoms with Gasteiger partial charge < -0.3 is 9.84 Å². The van der Waals surface area contributed by atoms with Gasteiger partial charge in [-0.05, 0) is 38.0 Å². The Balaban J connectivity index is 2.21. The van der Waals surface area contributed by atoms with Crippen LogP contribution < -0.4 is 0 Å². The van der Waals surface area contributed by atoms with Gasteiger partial charge in [0.15, 0.2) is 0 Å². The summed E-state index contributed by atoms with van der Waals surface area (Å²) < 4.78 is 5.38. The summed E-state index contributed by atoms with van der Waals surface area (Å²) in [5.74, 6) is -0.807. The van der Waals surface area contributed by atoms with Crippen LogP contribution in [-0.2, 0) is 14.3 Å². The summed E-state index contributed by atoms with van der Waals surface area (Å²) in [7, 11) is 0. The van der Waals surface area contributed by atoms with Crippen molar-refractivity contribution in [3.05, 3.63) is 0 Å². The predicted molar refractivity (Wildman–Crippen MR) is 86.6 cm³/mol. The quantitative estimate of drug-likeness (QED) is 0.479. The van der Waals surface area contributed by atoms with Crippen LogP contribution in [0.15, 0.2) is 0 Å². The van der Waals surface area contributed by atoms with Crippen LogP contribution >= 0.6 is 0 Å². The molecule has 3 unspecified atom stereocenters. The van der Waals surface area contributed by atoms with Crippen LogP contribution in [0.4, 0.5) is 0 Å². The molecule has 1 aliphatic rings. The van der Waals surface area contributed by atoms with E-state index in [0.717, 1.165) is 31.6 Å². The molecule has 0 radical (unpaired) electrons. The fraction of sp³-hybridized carbons (Fsp3) is 0.889. The molecular formula is C18H32O4. The summed E-state index contributed by atoms with van der Waals surface area (Å²) >= 11 is 0. The standard InChI is InChI=1S/C18H32O4/c1-3-5-8-14(4-2)9-7-12-22-18(21)16-11-6-10-15(13-16)17(19)20/h14-16H,3-13H2,1-2H3,(H,19,20). The van der Waals surface area contributed by atoms with E-state index in [0.29, 0.717) is 19.4 Å². The Bertz CT molecular complexity index is 340. The minimum Gasteiger partial charge on any atom is -0.481 e. The first-order valence-electron chi connectivity index (χ1n) is 8.97. The van der Waals surface area contributed by atoms with Gasteiger partial charge in [0.25, 0.3) is 0 Å². The molecule has 0 saturated heterocycles. The zero-order valence-corrected chi connectivity index (χ0v) is 14.2. The maximum atomic E-state index is 12.0. The molecule has 3 atom stereocenters. The van der Waals surface area contributed by atoms with Crippen molar-refractivity contribution in [2.24, 2.45) is 17.8 Å². The Hall–Kier alpha value is -1.06. The second-order valence-corrected chi connectivity index (χ2v) is 6.62. The lowest BCUT2D eigenvalue weighted by Gasteiger charge is -2.25. The largest absolute Gasteiger partial charge is 0.481 e. The molecule has 0 aromatic carbocycles. The molecule has 1 rings (SSSR count). The third-order valence-corrected chi connectivity index (χ3v) is 4.90. The van der Waals surface area contributed by atoms with E-state index in [2.05, 4.69) is 13.8 Å². The number of hydrogen-bond donors (Lipinski definition) is 1. The van der Waals surface area contributed by atoms with Gasteiger partial charge in [0, 0.05) is 0 Å². The van der Waals surface area contributed by atoms with Crippen LogP contribution in [-0.4, -0.2) is 23.7 Å². The van der Waals surface area contributed by atoms with Crippen molar-refractivity contribution in [3.63, 3.8) is 0 Å². The Morgan fingerprint density at radius 3 is 2.45 bits per heavy atom. The molecule has 128 valence electrons. The molecule has 4 heteroatoms. The smallest absolute Gasteiger partial charge is 0.308 e. The van der Waals surface area contributed by atoms with Gasteiger partial charge in [-0.1, -0.05) is 46.0 Å². The molecule has 0 aliphatic heterocycles. The molecule has 0 aromatic heterocycles. The van der Waals surface area contributed by atoms with Gasteiger partial charge in [0.1, 0.15) is 0 Å². The van der Waals surface area contributed by atoms with E-state index >= 15 is 0 Å². The van der Waals surface area contributed by atoms with Crippen LogP contribution in [0.2, 0.25) is 0 Å². The first kappa shape index (κ1) is 19.0. The zero-order valence-electron chi connectivity index (χ0n) is 14.2. The zero-order chi connectivity index (χ0) is 16.4. The van der Waals surface area contributed by atoms with Gasteiger partial charge >= 0.3 is 11.9 Å². The summed E-state index contributed by atoms with van der Waals surface area (Å²) in [6, 6.07) is 0. The average molecular weight is 312 g/mol. The summed E-state index contributed by atoms with van der Waals surface area (Å²) in [5, 5.41) is 9.06. The van der Waals surface area contributed by atoms with Gasteiger partial charge in [0.05, 0.1) is 18.4 Å². The predicted octanol–water partition coefficient (Wildman–Crippen LogP) is 4.42. The second kappa shape index (κ2) is 10.6. The highest BCUT2D eigenvalue weighted by atomic mass is 16.5. The lowest BCUT2D eigenvalue weighted by Crippen LogP contribution is -2.28. The molecule has 4 nitrogen and oxygen atoms in total. The van der Waals surface area contributed by atoms with Crippen LogP contribution in [0, 0.1) is 17.8 Å². The lowest BCUT2D eigenvalue weighted by molar-refractivity contribution is -0.152. The minimum absolute atomic E-state index is 0.187. The van der Waals surface area contributed by atoms with E-state index in [-0.39, 0.29) is 17.8 Å². The lowest BCUT2D eigenvalue weighted by atomic mass is 9.81. The van der Waals surface area contributed by atoms with E-state index in [1.54, 1.807) is 0 Å². The van der Waals surface area contributed by atoms with Gasteiger partial charge in [0.2, 0.25) is 0 Å². The maximum absolute atomic E-state index is 12.0. The van der Waals surface area contributed by atoms with Crippen LogP contribution in [0.5, 0.6) is 0 Å². The Morgan fingerprint density at radius 1 is 1.14 bits per heavy atom. The normalized spacial score (nSPS) is 23.0. The average Bonchev–Trinajstić information content (AvgIpc) is 2.54. The number of aliphatic carboxylic acids is 1. The molecule has 1 saturated carbocycles. The molecule has 0 amide bonds. The Morgan fingerprint density at radius 2 is 1.82 bits per heavy atom. The number of unbranched alkanes of at least 4 members (excludes halogenated alkanes) is 1. The molecule has 1 fully saturated rings. The summed E-state index contributed by atoms with van der Waals surface area (Å²) in [6.07, 6.45) is 9.73. The Labute approximate surface area is 134 Å².